The standard InChI is InChI=1S/C17H21N7O3S/c1-23-12-5-18-14(24-3-2-10(6-24)7-25)4-13(12)28-8-11(17(23)27)21-16(26)15-19-9-20-22-15/h4-5,9-11,25H,2-3,6-8H2,1H3,(H,21,26)(H,19,20,22)/t10-,11-/m0/s1. The molecule has 0 spiro atoms. The van der Waals surface area contributed by atoms with Gasteiger partial charge in [0.25, 0.3) is 5.91 Å². The Morgan fingerprint density at radius 2 is 2.32 bits per heavy atom. The first kappa shape index (κ1) is 18.7. The Morgan fingerprint density at radius 3 is 3.04 bits per heavy atom. The van der Waals surface area contributed by atoms with Gasteiger partial charge in [-0.2, -0.15) is 5.10 Å². The SMILES string of the molecule is CN1C(=O)[C@@H](NC(=O)c2ncn[nH]2)CSc2cc(N3CC[C@H](CO)C3)ncc21. The van der Waals surface area contributed by atoms with Crippen molar-refractivity contribution in [1.82, 2.24) is 25.5 Å². The number of aromatic nitrogens is 4. The fourth-order valence-corrected chi connectivity index (χ4v) is 4.49. The number of likely N-dealkylation sites (N-methyl/N-ethyl adjacent to an activating group) is 1. The van der Waals surface area contributed by atoms with Gasteiger partial charge in [-0.1, -0.05) is 0 Å². The second-order valence-electron chi connectivity index (χ2n) is 6.86. The number of nitrogens with zero attached hydrogens (tertiary/aromatic N) is 5. The molecule has 1 saturated heterocycles. The van der Waals surface area contributed by atoms with Crippen LogP contribution in [0.5, 0.6) is 0 Å². The molecule has 10 nitrogen and oxygen atoms in total. The molecule has 2 aliphatic rings. The van der Waals surface area contributed by atoms with Crippen molar-refractivity contribution in [3.63, 3.8) is 0 Å². The van der Waals surface area contributed by atoms with Crippen molar-refractivity contribution in [2.24, 2.45) is 5.92 Å². The topological polar surface area (TPSA) is 127 Å². The largest absolute Gasteiger partial charge is 0.396 e. The number of aromatic amines is 1. The van der Waals surface area contributed by atoms with E-state index >= 15 is 0 Å². The van der Waals surface area contributed by atoms with E-state index in [1.54, 1.807) is 13.2 Å². The van der Waals surface area contributed by atoms with Crippen LogP contribution in [0.3, 0.4) is 0 Å². The third-order valence-electron chi connectivity index (χ3n) is 5.03. The summed E-state index contributed by atoms with van der Waals surface area (Å²) in [6.45, 7) is 1.81. The van der Waals surface area contributed by atoms with Gasteiger partial charge in [0.15, 0.2) is 0 Å². The van der Waals surface area contributed by atoms with Crippen LogP contribution in [0.15, 0.2) is 23.5 Å². The number of carbonyl (C=O) groups excluding carboxylic acids is 2. The first-order chi connectivity index (χ1) is 13.6. The molecule has 2 aromatic rings. The summed E-state index contributed by atoms with van der Waals surface area (Å²) >= 11 is 1.50. The molecule has 11 heteroatoms. The highest BCUT2D eigenvalue weighted by atomic mass is 32.2. The van der Waals surface area contributed by atoms with Crippen molar-refractivity contribution in [2.45, 2.75) is 17.4 Å². The summed E-state index contributed by atoms with van der Waals surface area (Å²) in [5, 5.41) is 18.2. The number of hydrogen-bond acceptors (Lipinski definition) is 8. The van der Waals surface area contributed by atoms with Gasteiger partial charge in [-0.25, -0.2) is 9.97 Å². The van der Waals surface area contributed by atoms with Crippen LogP contribution in [0.25, 0.3) is 0 Å². The summed E-state index contributed by atoms with van der Waals surface area (Å²) in [4.78, 5) is 38.0. The fraction of sp³-hybridized carbons (Fsp3) is 0.471. The van der Waals surface area contributed by atoms with Gasteiger partial charge in [0, 0.05) is 43.3 Å². The zero-order chi connectivity index (χ0) is 19.7. The first-order valence-corrected chi connectivity index (χ1v) is 9.98. The molecule has 28 heavy (non-hydrogen) atoms. The number of rotatable bonds is 4. The minimum Gasteiger partial charge on any atom is -0.396 e. The zero-order valence-corrected chi connectivity index (χ0v) is 16.1. The molecule has 4 rings (SSSR count). The maximum atomic E-state index is 12.8. The molecule has 0 aliphatic carbocycles. The smallest absolute Gasteiger partial charge is 0.289 e. The van der Waals surface area contributed by atoms with E-state index in [2.05, 4.69) is 30.4 Å². The minimum absolute atomic E-state index is 0.0682. The van der Waals surface area contributed by atoms with Gasteiger partial charge in [-0.05, 0) is 12.5 Å². The van der Waals surface area contributed by atoms with Gasteiger partial charge >= 0.3 is 0 Å². The molecule has 3 N–H and O–H groups in total. The summed E-state index contributed by atoms with van der Waals surface area (Å²) in [6, 6.07) is 1.29. The van der Waals surface area contributed by atoms with Gasteiger partial charge in [0.2, 0.25) is 11.7 Å². The van der Waals surface area contributed by atoms with Crippen LogP contribution in [0.1, 0.15) is 17.0 Å². The average Bonchev–Trinajstić information content (AvgIpc) is 3.39. The van der Waals surface area contributed by atoms with E-state index in [1.807, 2.05) is 6.07 Å². The number of fused-ring (bicyclic) bond motifs is 1. The predicted octanol–water partition coefficient (Wildman–Crippen LogP) is -0.115. The number of pyridine rings is 1. The number of H-pyrrole nitrogens is 1. The molecule has 2 atom stereocenters. The normalized spacial score (nSPS) is 22.1. The quantitative estimate of drug-likeness (QED) is 0.645. The highest BCUT2D eigenvalue weighted by Gasteiger charge is 2.32. The van der Waals surface area contributed by atoms with E-state index in [4.69, 9.17) is 0 Å². The highest BCUT2D eigenvalue weighted by Crippen LogP contribution is 2.36. The van der Waals surface area contributed by atoms with Gasteiger partial charge < -0.3 is 20.2 Å². The average molecular weight is 403 g/mol. The van der Waals surface area contributed by atoms with Crippen LogP contribution in [0, 0.1) is 5.92 Å². The fourth-order valence-electron chi connectivity index (χ4n) is 3.39. The monoisotopic (exact) mass is 403 g/mol. The van der Waals surface area contributed by atoms with Crippen LogP contribution >= 0.6 is 11.8 Å². The first-order valence-electron chi connectivity index (χ1n) is 8.99. The molecule has 0 aromatic carbocycles. The van der Waals surface area contributed by atoms with Gasteiger partial charge in [0.05, 0.1) is 11.9 Å². The number of anilines is 2. The van der Waals surface area contributed by atoms with Crippen LogP contribution in [-0.2, 0) is 4.79 Å². The van der Waals surface area contributed by atoms with Gasteiger partial charge in [0.1, 0.15) is 18.2 Å². The number of aliphatic hydroxyl groups excluding tert-OH is 1. The number of hydrogen-bond donors (Lipinski definition) is 3. The predicted molar refractivity (Wildman–Crippen MR) is 103 cm³/mol. The lowest BCUT2D eigenvalue weighted by atomic mass is 10.1. The molecular weight excluding hydrogens is 382 g/mol. The molecule has 0 saturated carbocycles. The third-order valence-corrected chi connectivity index (χ3v) is 6.17. The maximum Gasteiger partial charge on any atom is 0.289 e. The second kappa shape index (κ2) is 7.76. The Morgan fingerprint density at radius 1 is 1.46 bits per heavy atom. The number of thioether (sulfide) groups is 1. The number of nitrogens with one attached hydrogen (secondary N) is 2. The summed E-state index contributed by atoms with van der Waals surface area (Å²) in [6.07, 6.45) is 3.88. The van der Waals surface area contributed by atoms with E-state index in [1.165, 1.54) is 23.0 Å². The Balaban J connectivity index is 1.51. The van der Waals surface area contributed by atoms with Crippen LogP contribution in [-0.4, -0.2) is 75.6 Å². The van der Waals surface area contributed by atoms with Crippen LogP contribution in [0.4, 0.5) is 11.5 Å². The zero-order valence-electron chi connectivity index (χ0n) is 15.3. The third kappa shape index (κ3) is 3.54. The number of amides is 2. The Labute approximate surface area is 165 Å². The minimum atomic E-state index is -0.686. The lowest BCUT2D eigenvalue weighted by molar-refractivity contribution is -0.119. The molecule has 2 aromatic heterocycles. The molecule has 4 heterocycles. The van der Waals surface area contributed by atoms with E-state index in [0.29, 0.717) is 11.4 Å². The Hall–Kier alpha value is -2.66. The molecule has 2 aliphatic heterocycles. The lowest BCUT2D eigenvalue weighted by Crippen LogP contribution is -2.48. The lowest BCUT2D eigenvalue weighted by Gasteiger charge is -2.22. The molecular formula is C17H21N7O3S. The van der Waals surface area contributed by atoms with Crippen molar-refractivity contribution in [1.29, 1.82) is 0 Å². The molecule has 2 amide bonds. The van der Waals surface area contributed by atoms with Crippen LogP contribution < -0.4 is 15.1 Å². The van der Waals surface area contributed by atoms with Crippen molar-refractivity contribution in [3.8, 4) is 0 Å². The summed E-state index contributed by atoms with van der Waals surface area (Å²) < 4.78 is 0. The van der Waals surface area contributed by atoms with Crippen molar-refractivity contribution in [3.05, 3.63) is 24.4 Å². The van der Waals surface area contributed by atoms with Gasteiger partial charge in [-0.3, -0.25) is 14.7 Å². The Bertz CT molecular complexity index is 876. The molecule has 0 radical (unpaired) electrons. The van der Waals surface area contributed by atoms with Crippen molar-refractivity contribution < 1.29 is 14.7 Å². The van der Waals surface area contributed by atoms with E-state index in [0.717, 1.165) is 30.2 Å². The number of carbonyl (C=O) groups is 2. The van der Waals surface area contributed by atoms with Crippen LogP contribution in [0.2, 0.25) is 0 Å². The number of aliphatic hydroxyl groups is 1. The second-order valence-corrected chi connectivity index (χ2v) is 7.92. The van der Waals surface area contributed by atoms with Gasteiger partial charge in [-0.15, -0.1) is 11.8 Å². The van der Waals surface area contributed by atoms with E-state index in [9.17, 15) is 14.7 Å². The van der Waals surface area contributed by atoms with E-state index < -0.39 is 11.9 Å². The highest BCUT2D eigenvalue weighted by molar-refractivity contribution is 7.99. The molecule has 1 fully saturated rings. The summed E-state index contributed by atoms with van der Waals surface area (Å²) in [5.41, 5.74) is 0.716. The van der Waals surface area contributed by atoms with Crippen molar-refractivity contribution in [2.75, 3.05) is 42.3 Å². The summed E-state index contributed by atoms with van der Waals surface area (Å²) in [7, 11) is 1.68. The van der Waals surface area contributed by atoms with E-state index in [-0.39, 0.29) is 24.3 Å². The summed E-state index contributed by atoms with van der Waals surface area (Å²) in [5.74, 6) is 0.898. The Kier molecular flexibility index (Phi) is 5.18. The molecule has 148 valence electrons. The molecule has 0 unspecified atom stereocenters. The maximum absolute atomic E-state index is 12.8. The molecule has 0 bridgehead atoms. The van der Waals surface area contributed by atoms with Crippen molar-refractivity contribution >= 4 is 35.1 Å².